The first-order valence-corrected chi connectivity index (χ1v) is 7.85. The van der Waals surface area contributed by atoms with E-state index in [0.717, 1.165) is 5.69 Å². The predicted octanol–water partition coefficient (Wildman–Crippen LogP) is 3.47. The highest BCUT2D eigenvalue weighted by Crippen LogP contribution is 2.28. The van der Waals surface area contributed by atoms with Crippen molar-refractivity contribution >= 4 is 23.3 Å². The van der Waals surface area contributed by atoms with Crippen LogP contribution in [0.5, 0.6) is 5.75 Å². The summed E-state index contributed by atoms with van der Waals surface area (Å²) in [7, 11) is 1.58. The molecule has 128 valence electrons. The molecule has 2 aromatic rings. The van der Waals surface area contributed by atoms with Gasteiger partial charge in [0.2, 0.25) is 0 Å². The molecule has 7 heteroatoms. The number of hydrogen-bond acceptors (Lipinski definition) is 4. The van der Waals surface area contributed by atoms with Gasteiger partial charge in [0.05, 0.1) is 23.4 Å². The average Bonchev–Trinajstić information content (AvgIpc) is 2.55. The summed E-state index contributed by atoms with van der Waals surface area (Å²) in [6.45, 7) is 2.61. The lowest BCUT2D eigenvalue weighted by Crippen LogP contribution is -2.38. The molecule has 2 amide bonds. The molecule has 0 fully saturated rings. The fourth-order valence-electron chi connectivity index (χ4n) is 2.01. The molecule has 1 heterocycles. The van der Waals surface area contributed by atoms with Gasteiger partial charge in [-0.3, -0.25) is 4.98 Å². The topological polar surface area (TPSA) is 72.5 Å². The maximum absolute atomic E-state index is 11.8. The number of hydrogen-bond donors (Lipinski definition) is 2. The van der Waals surface area contributed by atoms with Gasteiger partial charge in [0, 0.05) is 19.0 Å². The van der Waals surface area contributed by atoms with Crippen molar-refractivity contribution in [3.05, 3.63) is 53.3 Å². The van der Waals surface area contributed by atoms with Crippen LogP contribution in [0.3, 0.4) is 0 Å². The molecule has 1 aromatic carbocycles. The summed E-state index contributed by atoms with van der Waals surface area (Å²) in [4.78, 5) is 16.0. The SMILES string of the molecule is COCC(C)NC(=O)Nc1ccc(OCc2ccccn2)c(Cl)c1. The fourth-order valence-corrected chi connectivity index (χ4v) is 2.25. The number of benzene rings is 1. The zero-order valence-corrected chi connectivity index (χ0v) is 14.3. The van der Waals surface area contributed by atoms with Gasteiger partial charge in [-0.1, -0.05) is 17.7 Å². The number of amides is 2. The number of carbonyl (C=O) groups is 1. The third-order valence-electron chi connectivity index (χ3n) is 3.09. The van der Waals surface area contributed by atoms with E-state index in [4.69, 9.17) is 21.1 Å². The van der Waals surface area contributed by atoms with E-state index in [9.17, 15) is 4.79 Å². The van der Waals surface area contributed by atoms with Crippen LogP contribution in [0.2, 0.25) is 5.02 Å². The van der Waals surface area contributed by atoms with E-state index in [2.05, 4.69) is 15.6 Å². The van der Waals surface area contributed by atoms with Crippen molar-refractivity contribution in [3.8, 4) is 5.75 Å². The first kappa shape index (κ1) is 18.0. The number of rotatable bonds is 7. The van der Waals surface area contributed by atoms with Crippen LogP contribution in [-0.2, 0) is 11.3 Å². The molecule has 0 saturated carbocycles. The minimum atomic E-state index is -0.322. The summed E-state index contributed by atoms with van der Waals surface area (Å²) < 4.78 is 10.6. The first-order valence-electron chi connectivity index (χ1n) is 7.47. The molecular weight excluding hydrogens is 330 g/mol. The first-order chi connectivity index (χ1) is 11.6. The Balaban J connectivity index is 1.90. The number of methoxy groups -OCH3 is 1. The van der Waals surface area contributed by atoms with Crippen molar-refractivity contribution in [1.29, 1.82) is 0 Å². The number of nitrogens with zero attached hydrogens (tertiary/aromatic N) is 1. The minimum absolute atomic E-state index is 0.0912. The molecule has 1 unspecified atom stereocenters. The van der Waals surface area contributed by atoms with Crippen molar-refractivity contribution in [2.75, 3.05) is 19.0 Å². The van der Waals surface area contributed by atoms with Gasteiger partial charge in [0.1, 0.15) is 12.4 Å². The molecule has 0 radical (unpaired) electrons. The van der Waals surface area contributed by atoms with Gasteiger partial charge >= 0.3 is 6.03 Å². The third-order valence-corrected chi connectivity index (χ3v) is 3.38. The van der Waals surface area contributed by atoms with Gasteiger partial charge in [0.25, 0.3) is 0 Å². The van der Waals surface area contributed by atoms with Crippen LogP contribution in [-0.4, -0.2) is 30.8 Å². The standard InChI is InChI=1S/C17H20ClN3O3/c1-12(10-23-2)20-17(22)21-13-6-7-16(15(18)9-13)24-11-14-5-3-4-8-19-14/h3-9,12H,10-11H2,1-2H3,(H2,20,21,22). The van der Waals surface area contributed by atoms with Crippen molar-refractivity contribution in [1.82, 2.24) is 10.3 Å². The van der Waals surface area contributed by atoms with Crippen LogP contribution in [0.25, 0.3) is 0 Å². The van der Waals surface area contributed by atoms with Crippen LogP contribution in [0.1, 0.15) is 12.6 Å². The van der Waals surface area contributed by atoms with Gasteiger partial charge < -0.3 is 20.1 Å². The van der Waals surface area contributed by atoms with E-state index in [1.807, 2.05) is 25.1 Å². The van der Waals surface area contributed by atoms with Gasteiger partial charge in [-0.15, -0.1) is 0 Å². The van der Waals surface area contributed by atoms with Crippen molar-refractivity contribution in [2.24, 2.45) is 0 Å². The van der Waals surface area contributed by atoms with Gasteiger partial charge in [0.15, 0.2) is 0 Å². The zero-order valence-electron chi connectivity index (χ0n) is 13.6. The molecule has 2 N–H and O–H groups in total. The molecule has 24 heavy (non-hydrogen) atoms. The number of nitrogens with one attached hydrogen (secondary N) is 2. The number of carbonyl (C=O) groups excluding carboxylic acids is 1. The number of halogens is 1. The van der Waals surface area contributed by atoms with E-state index in [-0.39, 0.29) is 12.1 Å². The number of ether oxygens (including phenoxy) is 2. The second-order valence-corrected chi connectivity index (χ2v) is 5.62. The van der Waals surface area contributed by atoms with Crippen LogP contribution >= 0.6 is 11.6 Å². The fraction of sp³-hybridized carbons (Fsp3) is 0.294. The number of anilines is 1. The van der Waals surface area contributed by atoms with E-state index in [0.29, 0.717) is 29.7 Å². The van der Waals surface area contributed by atoms with Gasteiger partial charge in [-0.05, 0) is 37.3 Å². The Labute approximate surface area is 146 Å². The Morgan fingerprint density at radius 3 is 2.83 bits per heavy atom. The summed E-state index contributed by atoms with van der Waals surface area (Å²) in [6, 6.07) is 10.3. The number of urea groups is 1. The number of pyridine rings is 1. The summed E-state index contributed by atoms with van der Waals surface area (Å²) in [5, 5.41) is 5.88. The molecule has 0 bridgehead atoms. The molecular formula is C17H20ClN3O3. The van der Waals surface area contributed by atoms with Crippen molar-refractivity contribution < 1.29 is 14.3 Å². The maximum Gasteiger partial charge on any atom is 0.319 e. The van der Waals surface area contributed by atoms with Crippen LogP contribution < -0.4 is 15.4 Å². The lowest BCUT2D eigenvalue weighted by molar-refractivity contribution is 0.173. The summed E-state index contributed by atoms with van der Waals surface area (Å²) >= 11 is 6.20. The molecule has 0 aliphatic rings. The molecule has 1 aromatic heterocycles. The quantitative estimate of drug-likeness (QED) is 0.802. The summed E-state index contributed by atoms with van der Waals surface area (Å²) in [5.41, 5.74) is 1.38. The lowest BCUT2D eigenvalue weighted by Gasteiger charge is -2.14. The Bertz CT molecular complexity index is 667. The van der Waals surface area contributed by atoms with E-state index in [1.165, 1.54) is 0 Å². The minimum Gasteiger partial charge on any atom is -0.486 e. The molecule has 0 aliphatic carbocycles. The highest BCUT2D eigenvalue weighted by molar-refractivity contribution is 6.32. The largest absolute Gasteiger partial charge is 0.486 e. The van der Waals surface area contributed by atoms with Crippen LogP contribution in [0.4, 0.5) is 10.5 Å². The van der Waals surface area contributed by atoms with E-state index in [1.54, 1.807) is 31.5 Å². The van der Waals surface area contributed by atoms with Gasteiger partial charge in [-0.25, -0.2) is 4.79 Å². The predicted molar refractivity (Wildman–Crippen MR) is 93.5 cm³/mol. The molecule has 2 rings (SSSR count). The highest BCUT2D eigenvalue weighted by atomic mass is 35.5. The summed E-state index contributed by atoms with van der Waals surface area (Å²) in [6.07, 6.45) is 1.70. The monoisotopic (exact) mass is 349 g/mol. The molecule has 0 aliphatic heterocycles. The van der Waals surface area contributed by atoms with Crippen molar-refractivity contribution in [3.63, 3.8) is 0 Å². The Hall–Kier alpha value is -2.31. The normalized spacial score (nSPS) is 11.6. The Kier molecular flexibility index (Phi) is 6.84. The molecule has 0 spiro atoms. The average molecular weight is 350 g/mol. The van der Waals surface area contributed by atoms with Crippen molar-refractivity contribution in [2.45, 2.75) is 19.6 Å². The van der Waals surface area contributed by atoms with Gasteiger partial charge in [-0.2, -0.15) is 0 Å². The maximum atomic E-state index is 11.8. The Morgan fingerprint density at radius 2 is 2.17 bits per heavy atom. The molecule has 6 nitrogen and oxygen atoms in total. The number of aromatic nitrogens is 1. The second kappa shape index (κ2) is 9.10. The smallest absolute Gasteiger partial charge is 0.319 e. The van der Waals surface area contributed by atoms with Crippen LogP contribution in [0, 0.1) is 0 Å². The lowest BCUT2D eigenvalue weighted by atomic mass is 10.3. The summed E-state index contributed by atoms with van der Waals surface area (Å²) in [5.74, 6) is 0.529. The van der Waals surface area contributed by atoms with E-state index >= 15 is 0 Å². The third kappa shape index (κ3) is 5.72. The highest BCUT2D eigenvalue weighted by Gasteiger charge is 2.09. The zero-order chi connectivity index (χ0) is 17.4. The second-order valence-electron chi connectivity index (χ2n) is 5.21. The molecule has 0 saturated heterocycles. The molecule has 1 atom stereocenters. The Morgan fingerprint density at radius 1 is 1.33 bits per heavy atom. The van der Waals surface area contributed by atoms with E-state index < -0.39 is 0 Å². The van der Waals surface area contributed by atoms with Crippen LogP contribution in [0.15, 0.2) is 42.6 Å².